The molecule has 0 aliphatic carbocycles. The first-order valence-electron chi connectivity index (χ1n) is 8.93. The topological polar surface area (TPSA) is 66.5 Å². The van der Waals surface area contributed by atoms with E-state index in [4.69, 9.17) is 10.8 Å². The van der Waals surface area contributed by atoms with Gasteiger partial charge in [0.15, 0.2) is 0 Å². The van der Waals surface area contributed by atoms with Gasteiger partial charge in [-0.05, 0) is 6.42 Å². The third-order valence-electron chi connectivity index (χ3n) is 3.89. The van der Waals surface area contributed by atoms with Crippen molar-refractivity contribution in [2.45, 2.75) is 96.1 Å². The summed E-state index contributed by atoms with van der Waals surface area (Å²) in [6.45, 7) is 2.19. The number of aliphatic hydroxyl groups excluding tert-OH is 2. The quantitative estimate of drug-likeness (QED) is 0.317. The minimum Gasteiger partial charge on any atom is -0.394 e. The van der Waals surface area contributed by atoms with E-state index in [-0.39, 0.29) is 12.6 Å². The minimum absolute atomic E-state index is 0.0678. The molecule has 0 amide bonds. The fourth-order valence-electron chi connectivity index (χ4n) is 2.45. The normalized spacial score (nSPS) is 14.7. The van der Waals surface area contributed by atoms with Crippen molar-refractivity contribution in [1.82, 2.24) is 0 Å². The molecule has 126 valence electrons. The molecule has 2 unspecified atom stereocenters. The highest BCUT2D eigenvalue weighted by atomic mass is 16.3. The summed E-state index contributed by atoms with van der Waals surface area (Å²) in [5.41, 5.74) is 5.53. The van der Waals surface area contributed by atoms with Crippen LogP contribution in [0.1, 0.15) is 84.0 Å². The van der Waals surface area contributed by atoms with Crippen LogP contribution in [0.2, 0.25) is 0 Å². The second-order valence-corrected chi connectivity index (χ2v) is 6.12. The van der Waals surface area contributed by atoms with Gasteiger partial charge < -0.3 is 15.9 Å². The van der Waals surface area contributed by atoms with E-state index in [1.807, 2.05) is 0 Å². The molecule has 2 atom stereocenters. The smallest absolute Gasteiger partial charge is 0.0721 e. The van der Waals surface area contributed by atoms with Crippen molar-refractivity contribution in [2.75, 3.05) is 6.61 Å². The average molecular weight is 299 g/mol. The molecule has 0 radical (unpaired) electrons. The molecule has 21 heavy (non-hydrogen) atoms. The van der Waals surface area contributed by atoms with Crippen LogP contribution in [0.5, 0.6) is 0 Å². The third kappa shape index (κ3) is 15.8. The summed E-state index contributed by atoms with van der Waals surface area (Å²) in [5, 5.41) is 18.5. The number of nitrogens with two attached hydrogens (primary N) is 1. The van der Waals surface area contributed by atoms with E-state index in [2.05, 4.69) is 6.92 Å². The van der Waals surface area contributed by atoms with Gasteiger partial charge in [0, 0.05) is 6.04 Å². The first-order valence-corrected chi connectivity index (χ1v) is 8.93. The second kappa shape index (κ2) is 16.0. The maximum atomic E-state index is 9.71. The van der Waals surface area contributed by atoms with Crippen LogP contribution in [0.15, 0.2) is 12.2 Å². The van der Waals surface area contributed by atoms with Gasteiger partial charge in [-0.1, -0.05) is 89.7 Å². The SMILES string of the molecule is CCCCCCCCCCCCCC(O)C=CC(N)CO. The highest BCUT2D eigenvalue weighted by molar-refractivity contribution is 4.95. The van der Waals surface area contributed by atoms with Crippen LogP contribution < -0.4 is 5.73 Å². The zero-order valence-corrected chi connectivity index (χ0v) is 14.0. The van der Waals surface area contributed by atoms with Gasteiger partial charge in [0.1, 0.15) is 0 Å². The molecule has 3 nitrogen and oxygen atoms in total. The zero-order chi connectivity index (χ0) is 15.8. The van der Waals surface area contributed by atoms with Crippen molar-refractivity contribution >= 4 is 0 Å². The van der Waals surface area contributed by atoms with Crippen molar-refractivity contribution in [2.24, 2.45) is 5.73 Å². The van der Waals surface area contributed by atoms with Gasteiger partial charge in [-0.15, -0.1) is 0 Å². The van der Waals surface area contributed by atoms with Crippen LogP contribution in [-0.2, 0) is 0 Å². The van der Waals surface area contributed by atoms with E-state index in [9.17, 15) is 5.11 Å². The predicted octanol–water partition coefficient (Wildman–Crippen LogP) is 3.92. The molecule has 4 N–H and O–H groups in total. The Bertz CT molecular complexity index is 231. The molecule has 0 bridgehead atoms. The van der Waals surface area contributed by atoms with Crippen LogP contribution in [0.4, 0.5) is 0 Å². The summed E-state index contributed by atoms with van der Waals surface area (Å²) in [5.74, 6) is 0. The van der Waals surface area contributed by atoms with Crippen LogP contribution >= 0.6 is 0 Å². The van der Waals surface area contributed by atoms with E-state index < -0.39 is 6.10 Å². The fourth-order valence-corrected chi connectivity index (χ4v) is 2.45. The van der Waals surface area contributed by atoms with Crippen LogP contribution in [0.3, 0.4) is 0 Å². The Hall–Kier alpha value is -0.380. The molecular weight excluding hydrogens is 262 g/mol. The van der Waals surface area contributed by atoms with Crippen LogP contribution in [0.25, 0.3) is 0 Å². The van der Waals surface area contributed by atoms with Crippen molar-refractivity contribution in [1.29, 1.82) is 0 Å². The fraction of sp³-hybridized carbons (Fsp3) is 0.889. The van der Waals surface area contributed by atoms with Gasteiger partial charge >= 0.3 is 0 Å². The Morgan fingerprint density at radius 3 is 1.76 bits per heavy atom. The average Bonchev–Trinajstić information content (AvgIpc) is 2.50. The largest absolute Gasteiger partial charge is 0.394 e. The molecule has 0 heterocycles. The van der Waals surface area contributed by atoms with Crippen molar-refractivity contribution < 1.29 is 10.2 Å². The van der Waals surface area contributed by atoms with E-state index in [0.717, 1.165) is 12.8 Å². The Balaban J connectivity index is 3.23. The van der Waals surface area contributed by atoms with Gasteiger partial charge in [0.25, 0.3) is 0 Å². The zero-order valence-electron chi connectivity index (χ0n) is 14.0. The molecule has 0 aromatic rings. The molecule has 0 aromatic carbocycles. The summed E-state index contributed by atoms with van der Waals surface area (Å²) >= 11 is 0. The maximum Gasteiger partial charge on any atom is 0.0721 e. The number of rotatable bonds is 15. The summed E-state index contributed by atoms with van der Waals surface area (Å²) in [6, 6.07) is -0.350. The highest BCUT2D eigenvalue weighted by Crippen LogP contribution is 2.12. The molecular formula is C18H37NO2. The highest BCUT2D eigenvalue weighted by Gasteiger charge is 2.00. The molecule has 0 saturated heterocycles. The Labute approximate surface area is 131 Å². The van der Waals surface area contributed by atoms with E-state index in [1.165, 1.54) is 64.2 Å². The van der Waals surface area contributed by atoms with E-state index >= 15 is 0 Å². The lowest BCUT2D eigenvalue weighted by Crippen LogP contribution is -2.21. The van der Waals surface area contributed by atoms with Gasteiger partial charge in [0.05, 0.1) is 12.7 Å². The van der Waals surface area contributed by atoms with E-state index in [0.29, 0.717) is 0 Å². The first kappa shape index (κ1) is 20.6. The molecule has 0 spiro atoms. The van der Waals surface area contributed by atoms with Crippen LogP contribution in [0, 0.1) is 0 Å². The van der Waals surface area contributed by atoms with Crippen molar-refractivity contribution in [3.05, 3.63) is 12.2 Å². The van der Waals surface area contributed by atoms with Gasteiger partial charge in [-0.3, -0.25) is 0 Å². The Kier molecular flexibility index (Phi) is 15.7. The number of hydrogen-bond donors (Lipinski definition) is 3. The third-order valence-corrected chi connectivity index (χ3v) is 3.89. The maximum absolute atomic E-state index is 9.71. The molecule has 0 rings (SSSR count). The van der Waals surface area contributed by atoms with Gasteiger partial charge in [-0.25, -0.2) is 0 Å². The monoisotopic (exact) mass is 299 g/mol. The molecule has 0 aromatic heterocycles. The molecule has 3 heteroatoms. The summed E-state index contributed by atoms with van der Waals surface area (Å²) in [6.07, 6.45) is 18.3. The summed E-state index contributed by atoms with van der Waals surface area (Å²) in [4.78, 5) is 0. The molecule has 0 fully saturated rings. The van der Waals surface area contributed by atoms with Crippen molar-refractivity contribution in [3.8, 4) is 0 Å². The number of hydrogen-bond acceptors (Lipinski definition) is 3. The number of unbranched alkanes of at least 4 members (excludes halogenated alkanes) is 10. The van der Waals surface area contributed by atoms with Gasteiger partial charge in [-0.2, -0.15) is 0 Å². The molecule has 0 aliphatic rings. The Morgan fingerprint density at radius 1 is 0.810 bits per heavy atom. The Morgan fingerprint density at radius 2 is 1.29 bits per heavy atom. The summed E-state index contributed by atoms with van der Waals surface area (Å²) < 4.78 is 0. The van der Waals surface area contributed by atoms with E-state index in [1.54, 1.807) is 12.2 Å². The lowest BCUT2D eigenvalue weighted by molar-refractivity contribution is 0.206. The lowest BCUT2D eigenvalue weighted by Gasteiger charge is -2.07. The second-order valence-electron chi connectivity index (χ2n) is 6.12. The minimum atomic E-state index is -0.416. The first-order chi connectivity index (χ1) is 10.2. The standard InChI is InChI=1S/C18H37NO2/c1-2-3-4-5-6-7-8-9-10-11-12-13-18(21)15-14-17(19)16-20/h14-15,17-18,20-21H,2-13,16,19H2,1H3. The molecule has 0 aliphatic heterocycles. The summed E-state index contributed by atoms with van der Waals surface area (Å²) in [7, 11) is 0. The predicted molar refractivity (Wildman–Crippen MR) is 91.3 cm³/mol. The van der Waals surface area contributed by atoms with Crippen LogP contribution in [-0.4, -0.2) is 29.0 Å². The van der Waals surface area contributed by atoms with Crippen molar-refractivity contribution in [3.63, 3.8) is 0 Å². The lowest BCUT2D eigenvalue weighted by atomic mass is 10.0. The number of aliphatic hydroxyl groups is 2. The van der Waals surface area contributed by atoms with Gasteiger partial charge in [0.2, 0.25) is 0 Å². The molecule has 0 saturated carbocycles.